The van der Waals surface area contributed by atoms with E-state index in [9.17, 15) is 35.1 Å². The van der Waals surface area contributed by atoms with Gasteiger partial charge in [0.05, 0.1) is 11.1 Å². The number of likely N-dealkylation sites (N-methyl/N-ethyl adjacent to an activating group) is 2. The number of benzene rings is 2. The lowest BCUT2D eigenvalue weighted by atomic mass is 10.1. The van der Waals surface area contributed by atoms with Crippen LogP contribution in [0.1, 0.15) is 30.5 Å². The minimum absolute atomic E-state index is 0.0533. The summed E-state index contributed by atoms with van der Waals surface area (Å²) in [5.74, 6) is -3.57. The van der Waals surface area contributed by atoms with Crippen molar-refractivity contribution in [3.05, 3.63) is 58.7 Å². The van der Waals surface area contributed by atoms with Crippen LogP contribution in [-0.2, 0) is 21.8 Å². The molecule has 42 heavy (non-hydrogen) atoms. The van der Waals surface area contributed by atoms with E-state index in [1.165, 1.54) is 4.90 Å². The smallest absolute Gasteiger partial charge is 0.419 e. The van der Waals surface area contributed by atoms with Crippen LogP contribution in [0.15, 0.2) is 40.3 Å². The predicted octanol–water partition coefficient (Wildman–Crippen LogP) is 5.76. The summed E-state index contributed by atoms with van der Waals surface area (Å²) < 4.78 is 118. The molecule has 0 bridgehead atoms. The predicted molar refractivity (Wildman–Crippen MR) is 141 cm³/mol. The Morgan fingerprint density at radius 3 is 1.79 bits per heavy atom. The van der Waals surface area contributed by atoms with Crippen molar-refractivity contribution >= 4 is 23.4 Å². The first-order valence-electron chi connectivity index (χ1n) is 13.1. The zero-order valence-electron chi connectivity index (χ0n) is 22.9. The largest absolute Gasteiger partial charge is 0.463 e. The average Bonchev–Trinajstić information content (AvgIpc) is 3.54. The molecule has 0 aromatic heterocycles. The molecule has 1 N–H and O–H groups in total. The van der Waals surface area contributed by atoms with Gasteiger partial charge < -0.3 is 19.3 Å². The van der Waals surface area contributed by atoms with Gasteiger partial charge in [0.1, 0.15) is 25.3 Å². The minimum Gasteiger partial charge on any atom is -0.463 e. The highest BCUT2D eigenvalue weighted by atomic mass is 19.4. The van der Waals surface area contributed by atoms with Gasteiger partial charge in [0, 0.05) is 43.6 Å². The van der Waals surface area contributed by atoms with Crippen molar-refractivity contribution < 1.29 is 44.6 Å². The van der Waals surface area contributed by atoms with Crippen LogP contribution in [0.2, 0.25) is 0 Å². The first kappa shape index (κ1) is 31.2. The first-order valence-corrected chi connectivity index (χ1v) is 13.1. The molecule has 15 heteroatoms. The van der Waals surface area contributed by atoms with Crippen molar-refractivity contribution in [1.29, 1.82) is 0 Å². The number of aryl methyl sites for hydroxylation is 1. The maximum atomic E-state index is 13.9. The number of halogens is 8. The maximum Gasteiger partial charge on any atom is 0.419 e. The summed E-state index contributed by atoms with van der Waals surface area (Å²) in [5.41, 5.74) is -1.69. The lowest BCUT2D eigenvalue weighted by Gasteiger charge is -2.26. The molecule has 2 unspecified atom stereocenters. The third-order valence-electron chi connectivity index (χ3n) is 6.70. The Bertz CT molecular complexity index is 1350. The van der Waals surface area contributed by atoms with E-state index in [1.807, 2.05) is 6.92 Å². The van der Waals surface area contributed by atoms with E-state index in [-0.39, 0.29) is 50.6 Å². The van der Waals surface area contributed by atoms with Crippen LogP contribution in [0.4, 0.5) is 46.5 Å². The van der Waals surface area contributed by atoms with Crippen molar-refractivity contribution in [1.82, 2.24) is 5.32 Å². The number of anilines is 2. The lowest BCUT2D eigenvalue weighted by Crippen LogP contribution is -2.32. The number of nitrogens with zero attached hydrogens (tertiary/aromatic N) is 4. The molecule has 2 aromatic carbocycles. The fraction of sp³-hybridized carbons (Fsp3) is 0.481. The van der Waals surface area contributed by atoms with Gasteiger partial charge in [-0.05, 0) is 50.6 Å². The molecule has 0 aliphatic carbocycles. The highest BCUT2D eigenvalue weighted by Crippen LogP contribution is 2.36. The van der Waals surface area contributed by atoms with Crippen molar-refractivity contribution in [3.63, 3.8) is 0 Å². The highest BCUT2D eigenvalue weighted by Gasteiger charge is 2.37. The van der Waals surface area contributed by atoms with E-state index in [4.69, 9.17) is 9.47 Å². The maximum absolute atomic E-state index is 13.9. The van der Waals surface area contributed by atoms with E-state index in [1.54, 1.807) is 24.8 Å². The van der Waals surface area contributed by atoms with E-state index in [2.05, 4.69) is 15.3 Å². The molecule has 0 saturated heterocycles. The van der Waals surface area contributed by atoms with Crippen LogP contribution in [0.25, 0.3) is 0 Å². The number of ether oxygens (including phenoxy) is 2. The Morgan fingerprint density at radius 2 is 1.31 bits per heavy atom. The molecule has 2 aromatic rings. The van der Waals surface area contributed by atoms with Crippen LogP contribution < -0.4 is 15.1 Å². The van der Waals surface area contributed by atoms with Gasteiger partial charge in [0.2, 0.25) is 0 Å². The highest BCUT2D eigenvalue weighted by molar-refractivity contribution is 5.94. The van der Waals surface area contributed by atoms with Crippen LogP contribution >= 0.6 is 0 Å². The summed E-state index contributed by atoms with van der Waals surface area (Å²) >= 11 is 0. The Kier molecular flexibility index (Phi) is 9.06. The standard InChI is InChI=1S/C27H29F8N5O2/c1-4-39(19-7-15(3)6-16(8-19)26(30,31)32)11-17-13-41-24(36-17)38-25-37-18(14-42-25)12-40(5-2)20-9-21(27(33,34)35)23(29)22(28)10-20/h6-10,17-18H,4-5,11-14H2,1-3H3,(H,36,37,38). The van der Waals surface area contributed by atoms with E-state index < -0.39 is 47.2 Å². The van der Waals surface area contributed by atoms with Crippen molar-refractivity contribution in [2.45, 2.75) is 45.2 Å². The van der Waals surface area contributed by atoms with Gasteiger partial charge in [0.25, 0.3) is 12.0 Å². The second kappa shape index (κ2) is 12.2. The number of nitrogens with one attached hydrogen (secondary N) is 1. The van der Waals surface area contributed by atoms with Crippen molar-refractivity contribution in [3.8, 4) is 0 Å². The molecule has 0 saturated carbocycles. The molecule has 0 fully saturated rings. The minimum atomic E-state index is -5.06. The van der Waals surface area contributed by atoms with Crippen LogP contribution in [-0.4, -0.2) is 63.5 Å². The Hall–Kier alpha value is -3.78. The second-order valence-corrected chi connectivity index (χ2v) is 9.84. The second-order valence-electron chi connectivity index (χ2n) is 9.84. The normalized spacial score (nSPS) is 18.7. The zero-order chi connectivity index (χ0) is 30.8. The summed E-state index contributed by atoms with van der Waals surface area (Å²) in [6.07, 6.45) is -9.53. The summed E-state index contributed by atoms with van der Waals surface area (Å²) in [7, 11) is 0. The number of aliphatic imine (C=N–C) groups is 2. The van der Waals surface area contributed by atoms with E-state index in [0.29, 0.717) is 29.9 Å². The third kappa shape index (κ3) is 7.34. The molecule has 2 aliphatic heterocycles. The fourth-order valence-electron chi connectivity index (χ4n) is 4.66. The summed E-state index contributed by atoms with van der Waals surface area (Å²) in [6, 6.07) is 4.32. The average molecular weight is 608 g/mol. The SMILES string of the molecule is CCN(CC1COC(NC2=NC(CN(CC)c3cc(F)c(F)c(C(F)(F)F)c3)CO2)=N1)c1cc(C)cc(C(F)(F)F)c1. The molecule has 0 radical (unpaired) electrons. The molecule has 230 valence electrons. The number of alkyl halides is 6. The van der Waals surface area contributed by atoms with Gasteiger partial charge in [-0.1, -0.05) is 0 Å². The molecular weight excluding hydrogens is 578 g/mol. The van der Waals surface area contributed by atoms with Gasteiger partial charge in [-0.15, -0.1) is 0 Å². The molecule has 7 nitrogen and oxygen atoms in total. The Balaban J connectivity index is 1.39. The van der Waals surface area contributed by atoms with Crippen molar-refractivity contribution in [2.24, 2.45) is 9.98 Å². The van der Waals surface area contributed by atoms with Crippen LogP contribution in [0, 0.1) is 18.6 Å². The molecule has 0 amide bonds. The first-order chi connectivity index (χ1) is 19.7. The number of amidine groups is 2. The Morgan fingerprint density at radius 1 is 0.786 bits per heavy atom. The molecular formula is C27H29F8N5O2. The third-order valence-corrected chi connectivity index (χ3v) is 6.70. The molecule has 4 rings (SSSR count). The fourth-order valence-corrected chi connectivity index (χ4v) is 4.66. The topological polar surface area (TPSA) is 61.7 Å². The number of hydrogen-bond acceptors (Lipinski definition) is 7. The Labute approximate surface area is 236 Å². The van der Waals surface area contributed by atoms with Gasteiger partial charge in [-0.3, -0.25) is 5.32 Å². The molecule has 0 spiro atoms. The van der Waals surface area contributed by atoms with E-state index >= 15 is 0 Å². The molecule has 2 atom stereocenters. The quantitative estimate of drug-likeness (QED) is 0.387. The molecule has 2 aliphatic rings. The monoisotopic (exact) mass is 607 g/mol. The summed E-state index contributed by atoms with van der Waals surface area (Å²) in [6.45, 7) is 6.25. The van der Waals surface area contributed by atoms with Gasteiger partial charge >= 0.3 is 12.4 Å². The molecule has 2 heterocycles. The van der Waals surface area contributed by atoms with E-state index in [0.717, 1.165) is 12.1 Å². The number of rotatable bonds is 8. The zero-order valence-corrected chi connectivity index (χ0v) is 22.9. The van der Waals surface area contributed by atoms with Gasteiger partial charge in [-0.2, -0.15) is 26.3 Å². The number of hydrogen-bond donors (Lipinski definition) is 1. The lowest BCUT2D eigenvalue weighted by molar-refractivity contribution is -0.140. The van der Waals surface area contributed by atoms with Crippen LogP contribution in [0.5, 0.6) is 0 Å². The van der Waals surface area contributed by atoms with Crippen molar-refractivity contribution in [2.75, 3.05) is 49.2 Å². The summed E-state index contributed by atoms with van der Waals surface area (Å²) in [5, 5.41) is 2.79. The van der Waals surface area contributed by atoms with Crippen LogP contribution in [0.3, 0.4) is 0 Å². The van der Waals surface area contributed by atoms with Gasteiger partial charge in [0.15, 0.2) is 11.6 Å². The van der Waals surface area contributed by atoms with Gasteiger partial charge in [-0.25, -0.2) is 18.8 Å². The summed E-state index contributed by atoms with van der Waals surface area (Å²) in [4.78, 5) is 12.0.